The topological polar surface area (TPSA) is 117 Å². The SMILES string of the molecule is C=C/C(=C\c1nc(-c2c(N)c3cccc(C)c3[nH]c2=O)[nH]c1C)C(=O)NC. The molecule has 0 radical (unpaired) electrons. The second kappa shape index (κ2) is 6.95. The fourth-order valence-electron chi connectivity index (χ4n) is 2.97. The lowest BCUT2D eigenvalue weighted by molar-refractivity contribution is -0.116. The molecule has 7 nitrogen and oxygen atoms in total. The summed E-state index contributed by atoms with van der Waals surface area (Å²) in [5.41, 5.74) is 9.86. The van der Waals surface area contributed by atoms with Gasteiger partial charge in [0.1, 0.15) is 11.4 Å². The van der Waals surface area contributed by atoms with Gasteiger partial charge in [0.2, 0.25) is 0 Å². The van der Waals surface area contributed by atoms with Crippen molar-refractivity contribution < 1.29 is 4.79 Å². The van der Waals surface area contributed by atoms with Crippen LogP contribution in [0.4, 0.5) is 5.69 Å². The fourth-order valence-corrected chi connectivity index (χ4v) is 2.97. The molecule has 2 aromatic heterocycles. The summed E-state index contributed by atoms with van der Waals surface area (Å²) in [6, 6.07) is 5.65. The van der Waals surface area contributed by atoms with Crippen LogP contribution in [0.5, 0.6) is 0 Å². The van der Waals surface area contributed by atoms with Crippen LogP contribution in [-0.2, 0) is 4.79 Å². The zero-order valence-corrected chi connectivity index (χ0v) is 15.4. The van der Waals surface area contributed by atoms with Crippen molar-refractivity contribution in [1.82, 2.24) is 20.3 Å². The number of nitrogen functional groups attached to an aromatic ring is 1. The van der Waals surface area contributed by atoms with Crippen molar-refractivity contribution in [1.29, 1.82) is 0 Å². The maximum atomic E-state index is 12.7. The number of nitrogens with zero attached hydrogens (tertiary/aromatic N) is 1. The summed E-state index contributed by atoms with van der Waals surface area (Å²) in [5, 5.41) is 3.30. The Labute approximate surface area is 156 Å². The molecule has 5 N–H and O–H groups in total. The number of para-hydroxylation sites is 1. The lowest BCUT2D eigenvalue weighted by atomic mass is 10.1. The standard InChI is InChI=1S/C20H21N5O2/c1-5-12(19(26)22-4)9-14-11(3)23-18(24-14)15-16(21)13-8-6-7-10(2)17(13)25-20(15)27/h5-9H,1H2,2-4H3,(H,22,26)(H,23,24)(H3,21,25,27)/b12-9+. The highest BCUT2D eigenvalue weighted by Gasteiger charge is 2.17. The molecule has 0 saturated carbocycles. The van der Waals surface area contributed by atoms with Crippen molar-refractivity contribution in [3.63, 3.8) is 0 Å². The predicted molar refractivity (Wildman–Crippen MR) is 108 cm³/mol. The number of imidazole rings is 1. The van der Waals surface area contributed by atoms with Gasteiger partial charge in [-0.1, -0.05) is 30.9 Å². The summed E-state index contributed by atoms with van der Waals surface area (Å²) >= 11 is 0. The number of amides is 1. The number of nitrogens with two attached hydrogens (primary N) is 1. The molecule has 138 valence electrons. The average molecular weight is 363 g/mol. The van der Waals surface area contributed by atoms with Gasteiger partial charge >= 0.3 is 0 Å². The fraction of sp³-hybridized carbons (Fsp3) is 0.150. The first kappa shape index (κ1) is 18.2. The van der Waals surface area contributed by atoms with Crippen molar-refractivity contribution in [2.45, 2.75) is 13.8 Å². The highest BCUT2D eigenvalue weighted by Crippen LogP contribution is 2.29. The first-order valence-corrected chi connectivity index (χ1v) is 8.41. The van der Waals surface area contributed by atoms with E-state index in [1.807, 2.05) is 32.0 Å². The molecule has 27 heavy (non-hydrogen) atoms. The van der Waals surface area contributed by atoms with Crippen molar-refractivity contribution in [3.05, 3.63) is 63.7 Å². The second-order valence-electron chi connectivity index (χ2n) is 6.22. The number of hydrogen-bond acceptors (Lipinski definition) is 4. The van der Waals surface area contributed by atoms with Crippen LogP contribution in [-0.4, -0.2) is 27.9 Å². The third-order valence-corrected chi connectivity index (χ3v) is 4.46. The smallest absolute Gasteiger partial charge is 0.261 e. The van der Waals surface area contributed by atoms with Gasteiger partial charge in [0.15, 0.2) is 0 Å². The summed E-state index contributed by atoms with van der Waals surface area (Å²) in [6.45, 7) is 7.37. The van der Waals surface area contributed by atoms with Gasteiger partial charge in [-0.2, -0.15) is 0 Å². The molecule has 0 aliphatic rings. The maximum Gasteiger partial charge on any atom is 0.261 e. The van der Waals surface area contributed by atoms with Gasteiger partial charge in [-0.15, -0.1) is 0 Å². The Kier molecular flexibility index (Phi) is 4.68. The number of aromatic nitrogens is 3. The van der Waals surface area contributed by atoms with E-state index in [2.05, 4.69) is 26.8 Å². The molecule has 3 aromatic rings. The van der Waals surface area contributed by atoms with Crippen LogP contribution in [0.15, 0.2) is 41.2 Å². The largest absolute Gasteiger partial charge is 0.397 e. The second-order valence-corrected chi connectivity index (χ2v) is 6.22. The van der Waals surface area contributed by atoms with Gasteiger partial charge < -0.3 is 21.0 Å². The molecule has 0 unspecified atom stereocenters. The van der Waals surface area contributed by atoms with Crippen molar-refractivity contribution in [2.24, 2.45) is 0 Å². The normalized spacial score (nSPS) is 11.6. The Morgan fingerprint density at radius 2 is 2.04 bits per heavy atom. The van der Waals surface area contributed by atoms with Gasteiger partial charge in [-0.25, -0.2) is 4.98 Å². The van der Waals surface area contributed by atoms with Gasteiger partial charge in [-0.3, -0.25) is 9.59 Å². The Morgan fingerprint density at radius 3 is 2.70 bits per heavy atom. The number of rotatable bonds is 4. The van der Waals surface area contributed by atoms with Crippen LogP contribution in [0.25, 0.3) is 28.4 Å². The highest BCUT2D eigenvalue weighted by atomic mass is 16.1. The number of likely N-dealkylation sites (N-methyl/N-ethyl adjacent to an activating group) is 1. The minimum atomic E-state index is -0.325. The molecule has 7 heteroatoms. The van der Waals surface area contributed by atoms with Crippen LogP contribution in [0.2, 0.25) is 0 Å². The Morgan fingerprint density at radius 1 is 1.30 bits per heavy atom. The van der Waals surface area contributed by atoms with Crippen molar-refractivity contribution >= 4 is 28.6 Å². The zero-order chi connectivity index (χ0) is 19.7. The number of hydrogen-bond donors (Lipinski definition) is 4. The molecule has 0 fully saturated rings. The van der Waals surface area contributed by atoms with Crippen molar-refractivity contribution in [3.8, 4) is 11.4 Å². The Bertz CT molecular complexity index is 1150. The Hall–Kier alpha value is -3.61. The summed E-state index contributed by atoms with van der Waals surface area (Å²) in [5.74, 6) is 0.0775. The van der Waals surface area contributed by atoms with Crippen LogP contribution < -0.4 is 16.6 Å². The zero-order valence-electron chi connectivity index (χ0n) is 15.4. The number of H-pyrrole nitrogens is 2. The molecular weight excluding hydrogens is 342 g/mol. The molecule has 0 aliphatic carbocycles. The first-order valence-electron chi connectivity index (χ1n) is 8.41. The number of anilines is 1. The molecule has 1 amide bonds. The van der Waals surface area contributed by atoms with E-state index in [-0.39, 0.29) is 17.0 Å². The predicted octanol–water partition coefficient (Wildman–Crippen LogP) is 2.43. The molecule has 0 atom stereocenters. The lowest BCUT2D eigenvalue weighted by Gasteiger charge is -2.08. The number of aryl methyl sites for hydroxylation is 2. The maximum absolute atomic E-state index is 12.7. The number of pyridine rings is 1. The van der Waals surface area contributed by atoms with Crippen LogP contribution >= 0.6 is 0 Å². The quantitative estimate of drug-likeness (QED) is 0.421. The molecule has 0 saturated heterocycles. The monoisotopic (exact) mass is 363 g/mol. The van der Waals surface area contributed by atoms with Crippen LogP contribution in [0, 0.1) is 13.8 Å². The van der Waals surface area contributed by atoms with Crippen LogP contribution in [0.3, 0.4) is 0 Å². The lowest BCUT2D eigenvalue weighted by Crippen LogP contribution is -2.18. The molecule has 1 aromatic carbocycles. The number of carbonyl (C=O) groups excluding carboxylic acids is 1. The van der Waals surface area contributed by atoms with Gasteiger partial charge in [-0.05, 0) is 25.5 Å². The molecule has 2 heterocycles. The summed E-state index contributed by atoms with van der Waals surface area (Å²) in [7, 11) is 1.54. The number of nitrogens with one attached hydrogen (secondary N) is 3. The number of carbonyl (C=O) groups is 1. The van der Waals surface area contributed by atoms with E-state index in [0.29, 0.717) is 34.0 Å². The third kappa shape index (κ3) is 3.15. The van der Waals surface area contributed by atoms with E-state index in [1.165, 1.54) is 6.08 Å². The van der Waals surface area contributed by atoms with E-state index in [4.69, 9.17) is 5.73 Å². The number of aromatic amines is 2. The summed E-state index contributed by atoms with van der Waals surface area (Å²) < 4.78 is 0. The first-order chi connectivity index (χ1) is 12.9. The van der Waals surface area contributed by atoms with E-state index < -0.39 is 0 Å². The molecule has 0 aliphatic heterocycles. The molecule has 0 spiro atoms. The van der Waals surface area contributed by atoms with E-state index in [1.54, 1.807) is 13.1 Å². The average Bonchev–Trinajstić information content (AvgIpc) is 3.00. The highest BCUT2D eigenvalue weighted by molar-refractivity contribution is 6.00. The minimum Gasteiger partial charge on any atom is -0.397 e. The summed E-state index contributed by atoms with van der Waals surface area (Å²) in [6.07, 6.45) is 3.06. The van der Waals surface area contributed by atoms with Crippen LogP contribution in [0.1, 0.15) is 17.0 Å². The number of fused-ring (bicyclic) bond motifs is 1. The third-order valence-electron chi connectivity index (χ3n) is 4.46. The molecular formula is C20H21N5O2. The molecule has 3 rings (SSSR count). The van der Waals surface area contributed by atoms with Crippen molar-refractivity contribution in [2.75, 3.05) is 12.8 Å². The van der Waals surface area contributed by atoms with Gasteiger partial charge in [0, 0.05) is 23.7 Å². The van der Waals surface area contributed by atoms with E-state index in [0.717, 1.165) is 10.9 Å². The number of benzene rings is 1. The summed E-state index contributed by atoms with van der Waals surface area (Å²) in [4.78, 5) is 35.0. The minimum absolute atomic E-state index is 0.271. The molecule has 0 bridgehead atoms. The Balaban J connectivity index is 2.19. The van der Waals surface area contributed by atoms with E-state index >= 15 is 0 Å². The van der Waals surface area contributed by atoms with E-state index in [9.17, 15) is 9.59 Å². The van der Waals surface area contributed by atoms with Gasteiger partial charge in [0.05, 0.1) is 16.9 Å². The van der Waals surface area contributed by atoms with Gasteiger partial charge in [0.25, 0.3) is 11.5 Å².